The third kappa shape index (κ3) is 2.76. The largest absolute Gasteiger partial charge is 0.359 e. The second kappa shape index (κ2) is 4.53. The Kier molecular flexibility index (Phi) is 3.21. The summed E-state index contributed by atoms with van der Waals surface area (Å²) in [5.74, 6) is 0.875. The molecule has 1 amide bonds. The summed E-state index contributed by atoms with van der Waals surface area (Å²) in [6.07, 6.45) is 0.232. The molecule has 2 heterocycles. The van der Waals surface area contributed by atoms with Crippen molar-refractivity contribution in [3.05, 3.63) is 11.8 Å². The first kappa shape index (κ1) is 12.8. The second-order valence-electron chi connectivity index (χ2n) is 5.49. The molecular formula is C12H17N3O3. The smallest absolute Gasteiger partial charge is 0.243 e. The molecular weight excluding hydrogens is 234 g/mol. The predicted molar refractivity (Wildman–Crippen MR) is 65.2 cm³/mol. The fourth-order valence-electron chi connectivity index (χ4n) is 1.70. The standard InChI is InChI=1S/C12H17N3O3/c1-12(2,3)9-5-10(15-18-9)14-11(17)8-4-7(16)6-13-8/h5,8,13H,4,6H2,1-3H3,(H,14,15,17). The molecule has 1 fully saturated rings. The van der Waals surface area contributed by atoms with Crippen LogP contribution in [0.25, 0.3) is 0 Å². The van der Waals surface area contributed by atoms with E-state index in [4.69, 9.17) is 4.52 Å². The van der Waals surface area contributed by atoms with Crippen LogP contribution in [0.1, 0.15) is 33.0 Å². The molecule has 0 aliphatic carbocycles. The van der Waals surface area contributed by atoms with Crippen molar-refractivity contribution in [2.75, 3.05) is 11.9 Å². The first-order valence-electron chi connectivity index (χ1n) is 5.89. The lowest BCUT2D eigenvalue weighted by molar-refractivity contribution is -0.120. The number of nitrogens with one attached hydrogen (secondary N) is 2. The van der Waals surface area contributed by atoms with Crippen LogP contribution in [0, 0.1) is 0 Å². The van der Waals surface area contributed by atoms with E-state index < -0.39 is 6.04 Å². The summed E-state index contributed by atoms with van der Waals surface area (Å²) in [4.78, 5) is 22.9. The Hall–Kier alpha value is -1.69. The van der Waals surface area contributed by atoms with Crippen LogP contribution in [0.3, 0.4) is 0 Å². The van der Waals surface area contributed by atoms with E-state index in [2.05, 4.69) is 15.8 Å². The normalized spacial score (nSPS) is 20.2. The number of hydrogen-bond donors (Lipinski definition) is 2. The monoisotopic (exact) mass is 251 g/mol. The highest BCUT2D eigenvalue weighted by Crippen LogP contribution is 2.24. The number of rotatable bonds is 2. The molecule has 1 aromatic heterocycles. The van der Waals surface area contributed by atoms with Gasteiger partial charge in [0, 0.05) is 17.9 Å². The Balaban J connectivity index is 1.99. The van der Waals surface area contributed by atoms with Crippen LogP contribution in [-0.4, -0.2) is 29.4 Å². The Bertz CT molecular complexity index is 473. The fourth-order valence-corrected chi connectivity index (χ4v) is 1.70. The van der Waals surface area contributed by atoms with Gasteiger partial charge in [0.1, 0.15) is 11.5 Å². The number of nitrogens with zero attached hydrogens (tertiary/aromatic N) is 1. The van der Waals surface area contributed by atoms with Crippen molar-refractivity contribution >= 4 is 17.5 Å². The van der Waals surface area contributed by atoms with Crippen molar-refractivity contribution in [1.29, 1.82) is 0 Å². The van der Waals surface area contributed by atoms with Crippen LogP contribution in [0.15, 0.2) is 10.6 Å². The van der Waals surface area contributed by atoms with E-state index >= 15 is 0 Å². The molecule has 1 aliphatic heterocycles. The van der Waals surface area contributed by atoms with Crippen LogP contribution in [0.2, 0.25) is 0 Å². The predicted octanol–water partition coefficient (Wildman–Crippen LogP) is 0.842. The zero-order chi connectivity index (χ0) is 13.3. The molecule has 2 rings (SSSR count). The molecule has 0 spiro atoms. The van der Waals surface area contributed by atoms with Crippen LogP contribution >= 0.6 is 0 Å². The van der Waals surface area contributed by atoms with Crippen molar-refractivity contribution in [2.24, 2.45) is 0 Å². The molecule has 98 valence electrons. The zero-order valence-electron chi connectivity index (χ0n) is 10.7. The molecule has 6 heteroatoms. The molecule has 1 atom stereocenters. The Morgan fingerprint density at radius 3 is 2.78 bits per heavy atom. The molecule has 0 radical (unpaired) electrons. The van der Waals surface area contributed by atoms with E-state index in [1.165, 1.54) is 0 Å². The minimum absolute atomic E-state index is 0.0469. The number of aromatic nitrogens is 1. The first-order chi connectivity index (χ1) is 8.36. The van der Waals surface area contributed by atoms with E-state index in [1.54, 1.807) is 6.07 Å². The van der Waals surface area contributed by atoms with E-state index in [1.807, 2.05) is 20.8 Å². The van der Waals surface area contributed by atoms with Crippen molar-refractivity contribution in [2.45, 2.75) is 38.6 Å². The molecule has 6 nitrogen and oxygen atoms in total. The number of Topliss-reactive ketones (excluding diaryl/α,β-unsaturated/α-hetero) is 1. The number of ketones is 1. The zero-order valence-corrected chi connectivity index (χ0v) is 10.7. The number of hydrogen-bond acceptors (Lipinski definition) is 5. The third-order valence-corrected chi connectivity index (χ3v) is 2.79. The summed E-state index contributed by atoms with van der Waals surface area (Å²) in [6, 6.07) is 1.24. The van der Waals surface area contributed by atoms with Gasteiger partial charge in [0.2, 0.25) is 5.91 Å². The van der Waals surface area contributed by atoms with Gasteiger partial charge < -0.3 is 9.84 Å². The Morgan fingerprint density at radius 1 is 1.56 bits per heavy atom. The number of carbonyl (C=O) groups excluding carboxylic acids is 2. The average Bonchev–Trinajstić information content (AvgIpc) is 2.85. The van der Waals surface area contributed by atoms with Crippen LogP contribution < -0.4 is 10.6 Å². The highest BCUT2D eigenvalue weighted by Gasteiger charge is 2.28. The van der Waals surface area contributed by atoms with Gasteiger partial charge in [0.15, 0.2) is 5.82 Å². The van der Waals surface area contributed by atoms with Gasteiger partial charge in [0.05, 0.1) is 12.6 Å². The molecule has 2 N–H and O–H groups in total. The number of carbonyl (C=O) groups is 2. The maximum absolute atomic E-state index is 11.8. The van der Waals surface area contributed by atoms with E-state index in [0.717, 1.165) is 0 Å². The van der Waals surface area contributed by atoms with Crippen molar-refractivity contribution in [1.82, 2.24) is 10.5 Å². The summed E-state index contributed by atoms with van der Waals surface area (Å²) in [7, 11) is 0. The lowest BCUT2D eigenvalue weighted by Gasteiger charge is -2.12. The maximum atomic E-state index is 11.8. The summed E-state index contributed by atoms with van der Waals surface area (Å²) in [6.45, 7) is 6.24. The SMILES string of the molecule is CC(C)(C)c1cc(NC(=O)C2CC(=O)CN2)no1. The van der Waals surface area contributed by atoms with E-state index in [-0.39, 0.29) is 30.1 Å². The van der Waals surface area contributed by atoms with Crippen LogP contribution in [0.5, 0.6) is 0 Å². The third-order valence-electron chi connectivity index (χ3n) is 2.79. The molecule has 1 saturated heterocycles. The topological polar surface area (TPSA) is 84.2 Å². The first-order valence-corrected chi connectivity index (χ1v) is 5.89. The fraction of sp³-hybridized carbons (Fsp3) is 0.583. The van der Waals surface area contributed by atoms with E-state index in [9.17, 15) is 9.59 Å². The van der Waals surface area contributed by atoms with Gasteiger partial charge in [0.25, 0.3) is 0 Å². The van der Waals surface area contributed by atoms with Crippen molar-refractivity contribution in [3.8, 4) is 0 Å². The Morgan fingerprint density at radius 2 is 2.28 bits per heavy atom. The van der Waals surface area contributed by atoms with Gasteiger partial charge in [-0.1, -0.05) is 25.9 Å². The molecule has 1 aromatic rings. The molecule has 1 aliphatic rings. The van der Waals surface area contributed by atoms with Gasteiger partial charge >= 0.3 is 0 Å². The molecule has 18 heavy (non-hydrogen) atoms. The van der Waals surface area contributed by atoms with Crippen molar-refractivity contribution < 1.29 is 14.1 Å². The summed E-state index contributed by atoms with van der Waals surface area (Å²) < 4.78 is 5.16. The summed E-state index contributed by atoms with van der Waals surface area (Å²) >= 11 is 0. The lowest BCUT2D eigenvalue weighted by atomic mass is 9.93. The molecule has 0 aromatic carbocycles. The van der Waals surface area contributed by atoms with Crippen LogP contribution in [0.4, 0.5) is 5.82 Å². The lowest BCUT2D eigenvalue weighted by Crippen LogP contribution is -2.35. The Labute approximate surface area is 105 Å². The van der Waals surface area contributed by atoms with Crippen molar-refractivity contribution in [3.63, 3.8) is 0 Å². The van der Waals surface area contributed by atoms with Gasteiger partial charge in [-0.2, -0.15) is 0 Å². The minimum atomic E-state index is -0.465. The average molecular weight is 251 g/mol. The number of anilines is 1. The van der Waals surface area contributed by atoms with Gasteiger partial charge in [-0.05, 0) is 0 Å². The quantitative estimate of drug-likeness (QED) is 0.813. The van der Waals surface area contributed by atoms with Crippen LogP contribution in [-0.2, 0) is 15.0 Å². The summed E-state index contributed by atoms with van der Waals surface area (Å²) in [5.41, 5.74) is -0.155. The van der Waals surface area contributed by atoms with E-state index in [0.29, 0.717) is 11.6 Å². The minimum Gasteiger partial charge on any atom is -0.359 e. The van der Waals surface area contributed by atoms with Gasteiger partial charge in [-0.3, -0.25) is 14.9 Å². The molecule has 1 unspecified atom stereocenters. The maximum Gasteiger partial charge on any atom is 0.243 e. The second-order valence-corrected chi connectivity index (χ2v) is 5.49. The highest BCUT2D eigenvalue weighted by molar-refractivity contribution is 5.99. The molecule has 0 saturated carbocycles. The number of amides is 1. The molecule has 0 bridgehead atoms. The van der Waals surface area contributed by atoms with Gasteiger partial charge in [-0.15, -0.1) is 0 Å². The summed E-state index contributed by atoms with van der Waals surface area (Å²) in [5, 5.41) is 9.28. The van der Waals surface area contributed by atoms with Gasteiger partial charge in [-0.25, -0.2) is 0 Å². The highest BCUT2D eigenvalue weighted by atomic mass is 16.5.